The second kappa shape index (κ2) is 7.98. The molecule has 12 heteroatoms. The zero-order valence-electron chi connectivity index (χ0n) is 18.4. The summed E-state index contributed by atoms with van der Waals surface area (Å²) in [4.78, 5) is 21.1. The number of hydrogen-bond acceptors (Lipinski definition) is 6. The molecule has 0 saturated heterocycles. The third-order valence-corrected chi connectivity index (χ3v) is 7.92. The Bertz CT molecular complexity index is 1390. The van der Waals surface area contributed by atoms with Gasteiger partial charge < -0.3 is 11.1 Å². The van der Waals surface area contributed by atoms with Gasteiger partial charge in [-0.15, -0.1) is 0 Å². The van der Waals surface area contributed by atoms with Crippen molar-refractivity contribution in [1.29, 1.82) is 0 Å². The van der Waals surface area contributed by atoms with Crippen LogP contribution >= 0.6 is 0 Å². The predicted octanol–water partition coefficient (Wildman–Crippen LogP) is 2.65. The summed E-state index contributed by atoms with van der Waals surface area (Å²) in [7, 11) is -4.01. The van der Waals surface area contributed by atoms with E-state index in [4.69, 9.17) is 5.73 Å². The van der Waals surface area contributed by atoms with Crippen molar-refractivity contribution in [2.24, 2.45) is 0 Å². The highest BCUT2D eigenvalue weighted by atomic mass is 32.2. The highest BCUT2D eigenvalue weighted by molar-refractivity contribution is 7.89. The molecule has 2 aliphatic carbocycles. The molecular formula is C22H24F2N6O3S. The summed E-state index contributed by atoms with van der Waals surface area (Å²) >= 11 is 0. The summed E-state index contributed by atoms with van der Waals surface area (Å²) in [5.74, 6) is -3.10. The normalized spacial score (nSPS) is 18.4. The van der Waals surface area contributed by atoms with Gasteiger partial charge in [-0.2, -0.15) is 0 Å². The summed E-state index contributed by atoms with van der Waals surface area (Å²) in [5, 5.41) is 2.92. The van der Waals surface area contributed by atoms with E-state index in [9.17, 15) is 22.0 Å². The number of amides is 1. The number of nitrogens with one attached hydrogen (secondary N) is 2. The van der Waals surface area contributed by atoms with Crippen molar-refractivity contribution in [3.05, 3.63) is 41.9 Å². The van der Waals surface area contributed by atoms with Gasteiger partial charge in [0.25, 0.3) is 11.8 Å². The van der Waals surface area contributed by atoms with E-state index in [0.29, 0.717) is 16.9 Å². The second-order valence-corrected chi connectivity index (χ2v) is 10.7. The lowest BCUT2D eigenvalue weighted by Gasteiger charge is -2.35. The molecule has 34 heavy (non-hydrogen) atoms. The lowest BCUT2D eigenvalue weighted by atomic mass is 9.89. The molecule has 9 nitrogen and oxygen atoms in total. The molecule has 0 radical (unpaired) electrons. The maximum absolute atomic E-state index is 13.1. The van der Waals surface area contributed by atoms with Crippen LogP contribution in [0.25, 0.3) is 16.9 Å². The summed E-state index contributed by atoms with van der Waals surface area (Å²) in [5.41, 5.74) is 8.34. The highest BCUT2D eigenvalue weighted by Gasteiger charge is 2.46. The molecule has 0 unspecified atom stereocenters. The number of nitrogen functional groups attached to an aromatic ring is 1. The largest absolute Gasteiger partial charge is 0.381 e. The van der Waals surface area contributed by atoms with Gasteiger partial charge in [-0.05, 0) is 43.9 Å². The topological polar surface area (TPSA) is 131 Å². The lowest BCUT2D eigenvalue weighted by molar-refractivity contribution is -0.0876. The smallest absolute Gasteiger partial charge is 0.271 e. The molecule has 0 bridgehead atoms. The maximum atomic E-state index is 13.1. The van der Waals surface area contributed by atoms with Crippen molar-refractivity contribution in [1.82, 2.24) is 24.4 Å². The fourth-order valence-corrected chi connectivity index (χ4v) is 5.47. The van der Waals surface area contributed by atoms with Gasteiger partial charge in [0.05, 0.1) is 16.8 Å². The van der Waals surface area contributed by atoms with Crippen LogP contribution < -0.4 is 15.8 Å². The first kappa shape index (κ1) is 22.7. The summed E-state index contributed by atoms with van der Waals surface area (Å²) in [6.07, 6.45) is 4.94. The number of imidazole rings is 1. The van der Waals surface area contributed by atoms with Crippen LogP contribution in [0.15, 0.2) is 35.5 Å². The van der Waals surface area contributed by atoms with Gasteiger partial charge in [-0.3, -0.25) is 9.20 Å². The van der Waals surface area contributed by atoms with E-state index in [2.05, 4.69) is 20.0 Å². The van der Waals surface area contributed by atoms with Gasteiger partial charge in [-0.1, -0.05) is 6.07 Å². The van der Waals surface area contributed by atoms with Crippen molar-refractivity contribution in [3.63, 3.8) is 0 Å². The first-order chi connectivity index (χ1) is 16.0. The molecule has 2 fully saturated rings. The zero-order valence-corrected chi connectivity index (χ0v) is 19.2. The predicted molar refractivity (Wildman–Crippen MR) is 121 cm³/mol. The number of carbonyl (C=O) groups is 1. The minimum Gasteiger partial charge on any atom is -0.381 e. The van der Waals surface area contributed by atoms with E-state index in [1.165, 1.54) is 24.5 Å². The number of anilines is 1. The number of sulfonamides is 1. The molecule has 1 amide bonds. The number of nitrogens with zero attached hydrogens (tertiary/aromatic N) is 3. The number of aromatic nitrogens is 3. The van der Waals surface area contributed by atoms with Crippen molar-refractivity contribution in [2.75, 3.05) is 5.73 Å². The van der Waals surface area contributed by atoms with E-state index in [-0.39, 0.29) is 28.4 Å². The molecule has 2 aromatic heterocycles. The van der Waals surface area contributed by atoms with Crippen molar-refractivity contribution >= 4 is 27.4 Å². The molecule has 0 spiro atoms. The minimum absolute atomic E-state index is 0.0526. The van der Waals surface area contributed by atoms with Gasteiger partial charge in [0.1, 0.15) is 5.69 Å². The number of fused-ring (bicyclic) bond motifs is 1. The summed E-state index contributed by atoms with van der Waals surface area (Å²) in [6, 6.07) is 3.84. The zero-order chi connectivity index (χ0) is 24.3. The van der Waals surface area contributed by atoms with E-state index in [1.54, 1.807) is 17.4 Å². The standard InChI is InChI=1S/C22H24F2N6O3S/c1-12-5-6-15(34(32,33)29-14-8-22(23,24)9-14)7-16(12)18-10-26-20-19(25)28-17(11-30(18)20)21(31)27-13-3-2-4-13/h5-7,10-11,13-14,29H,2-4,8-9H2,1H3,(H2,25,28)(H,27,31). The monoisotopic (exact) mass is 490 g/mol. The van der Waals surface area contributed by atoms with Crippen LogP contribution in [-0.4, -0.2) is 46.7 Å². The number of nitrogens with two attached hydrogens (primary N) is 1. The number of hydrogen-bond donors (Lipinski definition) is 3. The van der Waals surface area contributed by atoms with Gasteiger partial charge in [0.2, 0.25) is 10.0 Å². The Kier molecular flexibility index (Phi) is 5.32. The van der Waals surface area contributed by atoms with E-state index < -0.39 is 34.8 Å². The number of halogens is 2. The molecule has 4 N–H and O–H groups in total. The van der Waals surface area contributed by atoms with Gasteiger partial charge in [-0.25, -0.2) is 31.9 Å². The number of rotatable bonds is 6. The quantitative estimate of drug-likeness (QED) is 0.487. The molecule has 1 aromatic carbocycles. The molecule has 0 atom stereocenters. The Balaban J connectivity index is 1.50. The minimum atomic E-state index is -4.01. The Morgan fingerprint density at radius 3 is 2.62 bits per heavy atom. The Morgan fingerprint density at radius 2 is 1.97 bits per heavy atom. The van der Waals surface area contributed by atoms with Gasteiger partial charge >= 0.3 is 0 Å². The third kappa shape index (κ3) is 4.11. The summed E-state index contributed by atoms with van der Waals surface area (Å²) in [6.45, 7) is 1.81. The van der Waals surface area contributed by atoms with E-state index in [1.807, 2.05) is 0 Å². The molecule has 180 valence electrons. The summed E-state index contributed by atoms with van der Waals surface area (Å²) < 4.78 is 55.9. The Hall–Kier alpha value is -3.12. The number of aryl methyl sites for hydroxylation is 1. The molecular weight excluding hydrogens is 466 g/mol. The van der Waals surface area contributed by atoms with Crippen LogP contribution in [0.5, 0.6) is 0 Å². The van der Waals surface area contributed by atoms with E-state index in [0.717, 1.165) is 24.8 Å². The second-order valence-electron chi connectivity index (χ2n) is 9.01. The molecule has 3 aromatic rings. The van der Waals surface area contributed by atoms with Crippen LogP contribution in [0, 0.1) is 6.92 Å². The molecule has 2 heterocycles. The van der Waals surface area contributed by atoms with Crippen molar-refractivity contribution in [2.45, 2.75) is 61.9 Å². The molecule has 0 aliphatic heterocycles. The van der Waals surface area contributed by atoms with Crippen LogP contribution in [0.3, 0.4) is 0 Å². The van der Waals surface area contributed by atoms with Crippen LogP contribution in [-0.2, 0) is 10.0 Å². The molecule has 5 rings (SSSR count). The van der Waals surface area contributed by atoms with Crippen LogP contribution in [0.2, 0.25) is 0 Å². The number of benzene rings is 1. The average molecular weight is 491 g/mol. The first-order valence-corrected chi connectivity index (χ1v) is 12.5. The first-order valence-electron chi connectivity index (χ1n) is 11.0. The Labute approximate surface area is 194 Å². The van der Waals surface area contributed by atoms with Gasteiger partial charge in [0, 0.05) is 36.7 Å². The SMILES string of the molecule is Cc1ccc(S(=O)(=O)NC2CC(F)(F)C2)cc1-c1cnc2c(N)nc(C(=O)NC3CCC3)cn12. The van der Waals surface area contributed by atoms with E-state index >= 15 is 0 Å². The van der Waals surface area contributed by atoms with Crippen LogP contribution in [0.1, 0.15) is 48.2 Å². The highest BCUT2D eigenvalue weighted by Crippen LogP contribution is 2.38. The molecule has 2 saturated carbocycles. The van der Waals surface area contributed by atoms with Crippen molar-refractivity contribution in [3.8, 4) is 11.3 Å². The average Bonchev–Trinajstić information content (AvgIpc) is 3.13. The third-order valence-electron chi connectivity index (χ3n) is 6.40. The molecule has 2 aliphatic rings. The fourth-order valence-electron chi connectivity index (χ4n) is 4.21. The van der Waals surface area contributed by atoms with Crippen LogP contribution in [0.4, 0.5) is 14.6 Å². The maximum Gasteiger partial charge on any atom is 0.271 e. The Morgan fingerprint density at radius 1 is 1.24 bits per heavy atom. The number of alkyl halides is 2. The lowest BCUT2D eigenvalue weighted by Crippen LogP contribution is -2.50. The number of carbonyl (C=O) groups excluding carboxylic acids is 1. The van der Waals surface area contributed by atoms with Gasteiger partial charge in [0.15, 0.2) is 11.5 Å². The van der Waals surface area contributed by atoms with Crippen molar-refractivity contribution < 1.29 is 22.0 Å². The fraction of sp³-hybridized carbons (Fsp3) is 0.409.